The molecule has 1 aromatic heterocycles. The molecular formula is C14H14N4OS2. The lowest BCUT2D eigenvalue weighted by Crippen LogP contribution is -2.27. The lowest BCUT2D eigenvalue weighted by molar-refractivity contribution is 0.684. The Hall–Kier alpha value is -1.73. The van der Waals surface area contributed by atoms with Crippen LogP contribution in [0.2, 0.25) is 0 Å². The first kappa shape index (κ1) is 14.2. The minimum absolute atomic E-state index is 0.0861. The summed E-state index contributed by atoms with van der Waals surface area (Å²) in [6.45, 7) is 0. The maximum atomic E-state index is 12.2. The minimum atomic E-state index is -0.0861. The lowest BCUT2D eigenvalue weighted by Gasteiger charge is -2.22. The van der Waals surface area contributed by atoms with Crippen LogP contribution >= 0.6 is 23.5 Å². The number of nitrogens with zero attached hydrogens (tertiary/aromatic N) is 4. The van der Waals surface area contributed by atoms with E-state index in [9.17, 15) is 4.79 Å². The molecule has 1 aromatic carbocycles. The second-order valence-corrected chi connectivity index (χ2v) is 6.78. The minimum Gasteiger partial charge on any atom is -0.266 e. The van der Waals surface area contributed by atoms with Gasteiger partial charge in [-0.05, 0) is 5.56 Å². The van der Waals surface area contributed by atoms with Crippen LogP contribution in [-0.2, 0) is 12.8 Å². The number of aromatic nitrogens is 2. The van der Waals surface area contributed by atoms with Gasteiger partial charge in [-0.2, -0.15) is 10.2 Å². The molecule has 1 aliphatic rings. The Morgan fingerprint density at radius 1 is 1.24 bits per heavy atom. The number of benzene rings is 1. The second kappa shape index (κ2) is 5.95. The number of hydrogen-bond acceptors (Lipinski definition) is 6. The Morgan fingerprint density at radius 2 is 2.00 bits per heavy atom. The predicted octanol–water partition coefficient (Wildman–Crippen LogP) is 2.53. The number of fused-ring (bicyclic) bond motifs is 1. The fourth-order valence-corrected chi connectivity index (χ4v) is 4.07. The van der Waals surface area contributed by atoms with E-state index in [2.05, 4.69) is 22.3 Å². The molecule has 0 saturated carbocycles. The van der Waals surface area contributed by atoms with E-state index in [1.165, 1.54) is 22.0 Å². The van der Waals surface area contributed by atoms with Crippen molar-refractivity contribution in [2.75, 3.05) is 12.1 Å². The second-order valence-electron chi connectivity index (χ2n) is 4.55. The van der Waals surface area contributed by atoms with Crippen molar-refractivity contribution in [3.05, 3.63) is 52.4 Å². The zero-order valence-corrected chi connectivity index (χ0v) is 13.3. The number of aryl methyl sites for hydroxylation is 1. The van der Waals surface area contributed by atoms with Gasteiger partial charge >= 0.3 is 0 Å². The van der Waals surface area contributed by atoms with E-state index in [1.54, 1.807) is 30.0 Å². The first-order valence-electron chi connectivity index (χ1n) is 6.38. The number of hydrazone groups is 1. The molecule has 0 spiro atoms. The monoisotopic (exact) mass is 318 g/mol. The van der Waals surface area contributed by atoms with Gasteiger partial charge < -0.3 is 0 Å². The fraction of sp³-hybridized carbons (Fsp3) is 0.214. The SMILES string of the molecule is CN1N=C(SCc2ccccc2)Sc2c1cnn(C)c2=O. The van der Waals surface area contributed by atoms with Crippen LogP contribution < -0.4 is 10.6 Å². The van der Waals surface area contributed by atoms with Crippen molar-refractivity contribution in [1.82, 2.24) is 9.78 Å². The summed E-state index contributed by atoms with van der Waals surface area (Å²) in [5, 5.41) is 10.2. The molecule has 5 nitrogen and oxygen atoms in total. The highest BCUT2D eigenvalue weighted by atomic mass is 32.2. The summed E-state index contributed by atoms with van der Waals surface area (Å²) in [6.07, 6.45) is 1.67. The van der Waals surface area contributed by atoms with E-state index in [-0.39, 0.29) is 5.56 Å². The van der Waals surface area contributed by atoms with Crippen LogP contribution in [0.3, 0.4) is 0 Å². The Kier molecular flexibility index (Phi) is 4.03. The van der Waals surface area contributed by atoms with E-state index in [4.69, 9.17) is 0 Å². The van der Waals surface area contributed by atoms with Gasteiger partial charge in [-0.25, -0.2) is 4.68 Å². The molecule has 21 heavy (non-hydrogen) atoms. The van der Waals surface area contributed by atoms with Crippen molar-refractivity contribution < 1.29 is 0 Å². The van der Waals surface area contributed by atoms with Gasteiger partial charge in [0.05, 0.1) is 11.9 Å². The highest BCUT2D eigenvalue weighted by molar-refractivity contribution is 8.38. The van der Waals surface area contributed by atoms with Gasteiger partial charge in [-0.15, -0.1) is 0 Å². The molecule has 0 unspecified atom stereocenters. The molecule has 2 aromatic rings. The molecule has 0 aliphatic carbocycles. The van der Waals surface area contributed by atoms with E-state index in [0.717, 1.165) is 15.8 Å². The first-order chi connectivity index (χ1) is 10.1. The Labute approximate surface area is 131 Å². The zero-order valence-electron chi connectivity index (χ0n) is 11.7. The third-order valence-electron chi connectivity index (χ3n) is 3.05. The third-order valence-corrected chi connectivity index (χ3v) is 5.30. The maximum Gasteiger partial charge on any atom is 0.282 e. The van der Waals surface area contributed by atoms with Crippen LogP contribution in [-0.4, -0.2) is 21.2 Å². The van der Waals surface area contributed by atoms with Crippen molar-refractivity contribution in [3.8, 4) is 0 Å². The molecule has 0 fully saturated rings. The molecule has 0 amide bonds. The van der Waals surface area contributed by atoms with Crippen LogP contribution in [0.1, 0.15) is 5.56 Å². The van der Waals surface area contributed by atoms with Gasteiger partial charge in [0.15, 0.2) is 4.38 Å². The lowest BCUT2D eigenvalue weighted by atomic mass is 10.2. The summed E-state index contributed by atoms with van der Waals surface area (Å²) in [4.78, 5) is 12.8. The summed E-state index contributed by atoms with van der Waals surface area (Å²) in [6, 6.07) is 10.2. The summed E-state index contributed by atoms with van der Waals surface area (Å²) >= 11 is 3.05. The van der Waals surface area contributed by atoms with Gasteiger partial charge in [0.25, 0.3) is 5.56 Å². The summed E-state index contributed by atoms with van der Waals surface area (Å²) in [7, 11) is 3.49. The molecule has 2 heterocycles. The van der Waals surface area contributed by atoms with Gasteiger partial charge in [0.2, 0.25) is 0 Å². The van der Waals surface area contributed by atoms with Gasteiger partial charge in [0.1, 0.15) is 4.90 Å². The van der Waals surface area contributed by atoms with Crippen molar-refractivity contribution in [2.45, 2.75) is 10.6 Å². The normalized spacial score (nSPS) is 13.8. The Bertz CT molecular complexity index is 742. The van der Waals surface area contributed by atoms with Crippen molar-refractivity contribution in [2.24, 2.45) is 12.1 Å². The number of anilines is 1. The van der Waals surface area contributed by atoms with Crippen LogP contribution in [0.5, 0.6) is 0 Å². The molecule has 1 aliphatic heterocycles. The van der Waals surface area contributed by atoms with Gasteiger partial charge in [0, 0.05) is 19.8 Å². The third kappa shape index (κ3) is 2.98. The van der Waals surface area contributed by atoms with Gasteiger partial charge in [-0.3, -0.25) is 9.80 Å². The highest BCUT2D eigenvalue weighted by Crippen LogP contribution is 2.36. The topological polar surface area (TPSA) is 50.5 Å². The number of thioether (sulfide) groups is 2. The quantitative estimate of drug-likeness (QED) is 0.851. The molecule has 0 atom stereocenters. The molecule has 0 saturated heterocycles. The van der Waals surface area contributed by atoms with Crippen LogP contribution in [0.25, 0.3) is 0 Å². The predicted molar refractivity (Wildman–Crippen MR) is 88.9 cm³/mol. The van der Waals surface area contributed by atoms with Crippen molar-refractivity contribution in [1.29, 1.82) is 0 Å². The Balaban J connectivity index is 1.80. The van der Waals surface area contributed by atoms with Crippen LogP contribution in [0.15, 0.2) is 51.3 Å². The zero-order chi connectivity index (χ0) is 14.8. The van der Waals surface area contributed by atoms with E-state index >= 15 is 0 Å². The Morgan fingerprint density at radius 3 is 2.76 bits per heavy atom. The van der Waals surface area contributed by atoms with Gasteiger partial charge in [-0.1, -0.05) is 53.9 Å². The highest BCUT2D eigenvalue weighted by Gasteiger charge is 2.22. The van der Waals surface area contributed by atoms with Crippen molar-refractivity contribution >= 4 is 33.6 Å². The molecule has 0 bridgehead atoms. The fourth-order valence-electron chi connectivity index (χ4n) is 1.90. The average Bonchev–Trinajstić information content (AvgIpc) is 2.50. The van der Waals surface area contributed by atoms with E-state index < -0.39 is 0 Å². The molecule has 0 radical (unpaired) electrons. The van der Waals surface area contributed by atoms with Crippen molar-refractivity contribution in [3.63, 3.8) is 0 Å². The number of rotatable bonds is 2. The molecule has 7 heteroatoms. The molecular weight excluding hydrogens is 304 g/mol. The average molecular weight is 318 g/mol. The maximum absolute atomic E-state index is 12.2. The van der Waals surface area contributed by atoms with Crippen LogP contribution in [0, 0.1) is 0 Å². The summed E-state index contributed by atoms with van der Waals surface area (Å²) in [5.41, 5.74) is 1.91. The first-order valence-corrected chi connectivity index (χ1v) is 8.18. The molecule has 3 rings (SSSR count). The molecule has 108 valence electrons. The standard InChI is InChI=1S/C14H14N4OS2/c1-17-11-8-15-18(2)13(19)12(11)21-14(16-17)20-9-10-6-4-3-5-7-10/h3-8H,9H2,1-2H3. The summed E-state index contributed by atoms with van der Waals surface area (Å²) < 4.78 is 2.22. The number of hydrogen-bond donors (Lipinski definition) is 0. The summed E-state index contributed by atoms with van der Waals surface area (Å²) in [5.74, 6) is 0.835. The molecule has 0 N–H and O–H groups in total. The smallest absolute Gasteiger partial charge is 0.266 e. The van der Waals surface area contributed by atoms with E-state index in [1.807, 2.05) is 25.2 Å². The van der Waals surface area contributed by atoms with Crippen LogP contribution in [0.4, 0.5) is 5.69 Å². The largest absolute Gasteiger partial charge is 0.282 e. The van der Waals surface area contributed by atoms with E-state index in [0.29, 0.717) is 4.90 Å².